The summed E-state index contributed by atoms with van der Waals surface area (Å²) in [6, 6.07) is 5.88. The van der Waals surface area contributed by atoms with E-state index in [1.54, 1.807) is 6.08 Å². The maximum absolute atomic E-state index is 10.3. The molecule has 1 saturated heterocycles. The lowest BCUT2D eigenvalue weighted by Gasteiger charge is -2.20. The highest BCUT2D eigenvalue weighted by Gasteiger charge is 2.15. The first kappa shape index (κ1) is 9.94. The van der Waals surface area contributed by atoms with Crippen LogP contribution in [0.25, 0.3) is 0 Å². The first-order valence-corrected chi connectivity index (χ1v) is 5.25. The predicted molar refractivity (Wildman–Crippen MR) is 60.4 cm³/mol. The molecule has 3 nitrogen and oxygen atoms in total. The molecule has 0 saturated carbocycles. The molecule has 0 spiro atoms. The smallest absolute Gasteiger partial charge is 0.240 e. The Balaban J connectivity index is 2.38. The number of carbonyl (C=O) groups excluding carboxylic acids is 1. The Morgan fingerprint density at radius 3 is 2.73 bits per heavy atom. The van der Waals surface area contributed by atoms with Crippen molar-refractivity contribution in [3.8, 4) is 0 Å². The second-order valence-electron chi connectivity index (χ2n) is 3.82. The van der Waals surface area contributed by atoms with Gasteiger partial charge in [0, 0.05) is 18.8 Å². The molecule has 3 heteroatoms. The highest BCUT2D eigenvalue weighted by atomic mass is 16.1. The first-order valence-electron chi connectivity index (χ1n) is 5.25. The molecule has 1 heterocycles. The minimum Gasteiger partial charge on any atom is -0.371 e. The average molecular weight is 202 g/mol. The molecule has 0 aromatic heterocycles. The van der Waals surface area contributed by atoms with Crippen LogP contribution < -0.4 is 4.90 Å². The second kappa shape index (κ2) is 4.28. The van der Waals surface area contributed by atoms with E-state index in [1.807, 2.05) is 19.1 Å². The molecular formula is C12H14N2O. The molecule has 1 aliphatic heterocycles. The van der Waals surface area contributed by atoms with Gasteiger partial charge in [0.2, 0.25) is 6.08 Å². The van der Waals surface area contributed by atoms with Crippen molar-refractivity contribution in [1.82, 2.24) is 0 Å². The fourth-order valence-electron chi connectivity index (χ4n) is 2.08. The van der Waals surface area contributed by atoms with Crippen molar-refractivity contribution in [3.63, 3.8) is 0 Å². The Kier molecular flexibility index (Phi) is 2.84. The molecule has 0 atom stereocenters. The molecule has 0 aliphatic carbocycles. The Morgan fingerprint density at radius 2 is 2.07 bits per heavy atom. The standard InChI is InChI=1S/C12H14N2O/c1-10-11(13-9-15)5-4-6-12(10)14-7-2-3-8-14/h4-6H,2-3,7-8H2,1H3. The number of isocyanates is 1. The fraction of sp³-hybridized carbons (Fsp3) is 0.417. The van der Waals surface area contributed by atoms with Crippen molar-refractivity contribution in [3.05, 3.63) is 23.8 Å². The van der Waals surface area contributed by atoms with Crippen LogP contribution in [0.2, 0.25) is 0 Å². The summed E-state index contributed by atoms with van der Waals surface area (Å²) in [5, 5.41) is 0. The van der Waals surface area contributed by atoms with E-state index in [-0.39, 0.29) is 0 Å². The van der Waals surface area contributed by atoms with Gasteiger partial charge in [0.05, 0.1) is 5.69 Å². The van der Waals surface area contributed by atoms with E-state index in [0.29, 0.717) is 0 Å². The predicted octanol–water partition coefficient (Wildman–Crippen LogP) is 2.56. The van der Waals surface area contributed by atoms with Gasteiger partial charge < -0.3 is 4.90 Å². The van der Waals surface area contributed by atoms with Gasteiger partial charge in [-0.25, -0.2) is 4.79 Å². The van der Waals surface area contributed by atoms with Crippen molar-refractivity contribution in [1.29, 1.82) is 0 Å². The van der Waals surface area contributed by atoms with Crippen molar-refractivity contribution in [2.24, 2.45) is 4.99 Å². The van der Waals surface area contributed by atoms with Crippen LogP contribution in [0, 0.1) is 6.92 Å². The highest BCUT2D eigenvalue weighted by molar-refractivity contribution is 5.66. The van der Waals surface area contributed by atoms with E-state index in [1.165, 1.54) is 18.5 Å². The molecule has 1 aromatic rings. The van der Waals surface area contributed by atoms with Gasteiger partial charge in [-0.2, -0.15) is 4.99 Å². The summed E-state index contributed by atoms with van der Waals surface area (Å²) in [4.78, 5) is 16.3. The number of hydrogen-bond donors (Lipinski definition) is 0. The van der Waals surface area contributed by atoms with Crippen molar-refractivity contribution >= 4 is 17.5 Å². The van der Waals surface area contributed by atoms with E-state index in [9.17, 15) is 4.79 Å². The Bertz CT molecular complexity index is 402. The minimum absolute atomic E-state index is 0.731. The molecule has 0 N–H and O–H groups in total. The van der Waals surface area contributed by atoms with Crippen LogP contribution in [0.5, 0.6) is 0 Å². The number of rotatable bonds is 2. The van der Waals surface area contributed by atoms with E-state index >= 15 is 0 Å². The maximum atomic E-state index is 10.3. The fourth-order valence-corrected chi connectivity index (χ4v) is 2.08. The minimum atomic E-state index is 0.731. The molecule has 0 radical (unpaired) electrons. The Labute approximate surface area is 89.4 Å². The molecular weight excluding hydrogens is 188 g/mol. The van der Waals surface area contributed by atoms with Gasteiger partial charge in [0.1, 0.15) is 0 Å². The number of anilines is 1. The summed E-state index contributed by atoms with van der Waals surface area (Å²) >= 11 is 0. The monoisotopic (exact) mass is 202 g/mol. The molecule has 15 heavy (non-hydrogen) atoms. The van der Waals surface area contributed by atoms with E-state index in [2.05, 4.69) is 16.0 Å². The van der Waals surface area contributed by atoms with Gasteiger partial charge in [-0.3, -0.25) is 0 Å². The average Bonchev–Trinajstić information content (AvgIpc) is 2.74. The summed E-state index contributed by atoms with van der Waals surface area (Å²) in [5.41, 5.74) is 3.00. The Morgan fingerprint density at radius 1 is 1.33 bits per heavy atom. The molecule has 2 rings (SSSR count). The van der Waals surface area contributed by atoms with Crippen molar-refractivity contribution in [2.75, 3.05) is 18.0 Å². The van der Waals surface area contributed by atoms with Gasteiger partial charge in [-0.15, -0.1) is 0 Å². The van der Waals surface area contributed by atoms with Crippen LogP contribution >= 0.6 is 0 Å². The maximum Gasteiger partial charge on any atom is 0.240 e. The highest BCUT2D eigenvalue weighted by Crippen LogP contribution is 2.30. The lowest BCUT2D eigenvalue weighted by atomic mass is 10.1. The topological polar surface area (TPSA) is 32.7 Å². The van der Waals surface area contributed by atoms with Gasteiger partial charge in [0.25, 0.3) is 0 Å². The third-order valence-corrected chi connectivity index (χ3v) is 2.89. The summed E-state index contributed by atoms with van der Waals surface area (Å²) in [5.74, 6) is 0. The lowest BCUT2D eigenvalue weighted by Crippen LogP contribution is -2.18. The molecule has 78 valence electrons. The van der Waals surface area contributed by atoms with Crippen LogP contribution in [0.4, 0.5) is 11.4 Å². The SMILES string of the molecule is Cc1c(N=C=O)cccc1N1CCCC1. The summed E-state index contributed by atoms with van der Waals surface area (Å²) < 4.78 is 0. The van der Waals surface area contributed by atoms with E-state index < -0.39 is 0 Å². The normalized spacial score (nSPS) is 15.1. The quantitative estimate of drug-likeness (QED) is 0.545. The molecule has 1 fully saturated rings. The molecule has 1 aromatic carbocycles. The van der Waals surface area contributed by atoms with Gasteiger partial charge in [0.15, 0.2) is 0 Å². The van der Waals surface area contributed by atoms with Crippen molar-refractivity contribution in [2.45, 2.75) is 19.8 Å². The first-order chi connectivity index (χ1) is 7.33. The largest absolute Gasteiger partial charge is 0.371 e. The van der Waals surface area contributed by atoms with Crippen LogP contribution in [0.15, 0.2) is 23.2 Å². The second-order valence-corrected chi connectivity index (χ2v) is 3.82. The number of hydrogen-bond acceptors (Lipinski definition) is 3. The number of benzene rings is 1. The molecule has 1 aliphatic rings. The van der Waals surface area contributed by atoms with E-state index in [0.717, 1.165) is 24.3 Å². The zero-order chi connectivity index (χ0) is 10.7. The van der Waals surface area contributed by atoms with Crippen LogP contribution in [0.3, 0.4) is 0 Å². The van der Waals surface area contributed by atoms with E-state index in [4.69, 9.17) is 0 Å². The van der Waals surface area contributed by atoms with Gasteiger partial charge >= 0.3 is 0 Å². The zero-order valence-corrected chi connectivity index (χ0v) is 8.86. The van der Waals surface area contributed by atoms with Gasteiger partial charge in [-0.1, -0.05) is 6.07 Å². The van der Waals surface area contributed by atoms with Crippen LogP contribution in [-0.2, 0) is 4.79 Å². The van der Waals surface area contributed by atoms with Crippen LogP contribution in [-0.4, -0.2) is 19.2 Å². The summed E-state index contributed by atoms with van der Waals surface area (Å²) in [6.07, 6.45) is 4.10. The lowest BCUT2D eigenvalue weighted by molar-refractivity contribution is 0.565. The third-order valence-electron chi connectivity index (χ3n) is 2.89. The summed E-state index contributed by atoms with van der Waals surface area (Å²) in [6.45, 7) is 4.22. The Hall–Kier alpha value is -1.60. The molecule has 0 unspecified atom stereocenters. The zero-order valence-electron chi connectivity index (χ0n) is 8.86. The summed E-state index contributed by atoms with van der Waals surface area (Å²) in [7, 11) is 0. The molecule has 0 amide bonds. The number of aliphatic imine (C=N–C) groups is 1. The van der Waals surface area contributed by atoms with Crippen molar-refractivity contribution < 1.29 is 4.79 Å². The molecule has 0 bridgehead atoms. The van der Waals surface area contributed by atoms with Crippen LogP contribution in [0.1, 0.15) is 18.4 Å². The van der Waals surface area contributed by atoms with Gasteiger partial charge in [-0.05, 0) is 37.5 Å². The third kappa shape index (κ3) is 1.92. The number of nitrogens with zero attached hydrogens (tertiary/aromatic N) is 2.